The van der Waals surface area contributed by atoms with Crippen LogP contribution in [0.15, 0.2) is 35.1 Å². The van der Waals surface area contributed by atoms with Gasteiger partial charge in [0.25, 0.3) is 11.5 Å². The van der Waals surface area contributed by atoms with Gasteiger partial charge in [-0.2, -0.15) is 13.2 Å². The summed E-state index contributed by atoms with van der Waals surface area (Å²) in [6, 6.07) is 6.87. The van der Waals surface area contributed by atoms with E-state index in [-0.39, 0.29) is 30.1 Å². The Morgan fingerprint density at radius 1 is 1.10 bits per heavy atom. The van der Waals surface area contributed by atoms with Crippen LogP contribution in [0.4, 0.5) is 13.2 Å². The highest BCUT2D eigenvalue weighted by atomic mass is 19.4. The van der Waals surface area contributed by atoms with E-state index >= 15 is 0 Å². The molecule has 1 fully saturated rings. The Labute approximate surface area is 178 Å². The molecule has 31 heavy (non-hydrogen) atoms. The molecule has 1 aromatic carbocycles. The van der Waals surface area contributed by atoms with Crippen LogP contribution in [-0.4, -0.2) is 16.9 Å². The van der Waals surface area contributed by atoms with Crippen LogP contribution in [0.3, 0.4) is 0 Å². The first-order chi connectivity index (χ1) is 14.8. The Kier molecular flexibility index (Phi) is 6.18. The monoisotopic (exact) mass is 433 g/mol. The van der Waals surface area contributed by atoms with Gasteiger partial charge in [-0.3, -0.25) is 9.59 Å². The molecule has 0 radical (unpaired) electrons. The fraction of sp³-hybridized carbons (Fsp3) is 0.478. The van der Waals surface area contributed by atoms with Gasteiger partial charge in [-0.25, -0.2) is 0 Å². The first kappa shape index (κ1) is 21.6. The lowest BCUT2D eigenvalue weighted by molar-refractivity contribution is -0.137. The molecule has 1 atom stereocenters. The second kappa shape index (κ2) is 8.86. The van der Waals surface area contributed by atoms with Gasteiger partial charge in [0.15, 0.2) is 0 Å². The van der Waals surface area contributed by atoms with Gasteiger partial charge >= 0.3 is 6.18 Å². The van der Waals surface area contributed by atoms with E-state index in [9.17, 15) is 22.8 Å². The van der Waals surface area contributed by atoms with Gasteiger partial charge < -0.3 is 15.6 Å². The molecule has 1 amide bonds. The summed E-state index contributed by atoms with van der Waals surface area (Å²) in [4.78, 5) is 28.0. The number of alkyl halides is 3. The number of hydrogen-bond acceptors (Lipinski definition) is 3. The zero-order valence-electron chi connectivity index (χ0n) is 17.1. The molecule has 2 aliphatic rings. The van der Waals surface area contributed by atoms with Crippen molar-refractivity contribution in [1.82, 2.24) is 15.6 Å². The molecule has 1 heterocycles. The van der Waals surface area contributed by atoms with E-state index in [4.69, 9.17) is 0 Å². The Hall–Kier alpha value is -2.61. The maximum atomic E-state index is 13.0. The number of aryl methyl sites for hydroxylation is 1. The summed E-state index contributed by atoms with van der Waals surface area (Å²) in [5.74, 6) is -0.363. The largest absolute Gasteiger partial charge is 0.416 e. The van der Waals surface area contributed by atoms with E-state index < -0.39 is 17.3 Å². The number of nitrogens with one attached hydrogen (secondary N) is 3. The molecule has 3 N–H and O–H groups in total. The minimum Gasteiger partial charge on any atom is -0.349 e. The fourth-order valence-electron chi connectivity index (χ4n) is 4.55. The van der Waals surface area contributed by atoms with E-state index in [0.29, 0.717) is 12.0 Å². The first-order valence-electron chi connectivity index (χ1n) is 10.8. The van der Waals surface area contributed by atoms with E-state index in [0.717, 1.165) is 61.9 Å². The van der Waals surface area contributed by atoms with Crippen LogP contribution >= 0.6 is 0 Å². The average molecular weight is 433 g/mol. The number of benzene rings is 1. The Bertz CT molecular complexity index is 1010. The molecular weight excluding hydrogens is 407 g/mol. The third-order valence-corrected chi connectivity index (χ3v) is 6.19. The van der Waals surface area contributed by atoms with Gasteiger partial charge in [0.05, 0.1) is 5.56 Å². The van der Waals surface area contributed by atoms with Crippen LogP contribution in [0.1, 0.15) is 77.3 Å². The minimum absolute atomic E-state index is 0.0958. The second-order valence-electron chi connectivity index (χ2n) is 8.42. The zero-order valence-corrected chi connectivity index (χ0v) is 17.1. The summed E-state index contributed by atoms with van der Waals surface area (Å²) < 4.78 is 38.9. The molecule has 4 rings (SSSR count). The van der Waals surface area contributed by atoms with Gasteiger partial charge in [-0.05, 0) is 55.4 Å². The SMILES string of the molecule is O=C(NC1CCCC1)c1cc2c([nH]c1=O)CCCC2NCc1cccc(C(F)(F)F)c1. The number of aromatic nitrogens is 1. The van der Waals surface area contributed by atoms with Crippen molar-refractivity contribution in [3.05, 3.63) is 68.6 Å². The zero-order chi connectivity index (χ0) is 22.0. The molecule has 1 aromatic heterocycles. The van der Waals surface area contributed by atoms with Crippen LogP contribution in [0.5, 0.6) is 0 Å². The molecule has 1 unspecified atom stereocenters. The van der Waals surface area contributed by atoms with Gasteiger partial charge in [-0.15, -0.1) is 0 Å². The molecule has 0 saturated heterocycles. The number of carbonyl (C=O) groups is 1. The number of halogens is 3. The quantitative estimate of drug-likeness (QED) is 0.661. The van der Waals surface area contributed by atoms with Crippen molar-refractivity contribution in [3.8, 4) is 0 Å². The predicted molar refractivity (Wildman–Crippen MR) is 111 cm³/mol. The maximum Gasteiger partial charge on any atom is 0.416 e. The summed E-state index contributed by atoms with van der Waals surface area (Å²) in [5.41, 5.74) is 1.19. The van der Waals surface area contributed by atoms with Crippen molar-refractivity contribution < 1.29 is 18.0 Å². The standard InChI is InChI=1S/C23H26F3N3O2/c24-23(25,26)15-6-3-5-14(11-15)13-27-19-9-4-10-20-17(19)12-18(22(31)29-20)21(30)28-16-7-1-2-8-16/h3,5-6,11-12,16,19,27H,1-2,4,7-10,13H2,(H,28,30)(H,29,31). The van der Waals surface area contributed by atoms with Crippen molar-refractivity contribution in [1.29, 1.82) is 0 Å². The Morgan fingerprint density at radius 3 is 2.61 bits per heavy atom. The molecule has 0 aliphatic heterocycles. The molecular formula is C23H26F3N3O2. The van der Waals surface area contributed by atoms with Crippen molar-refractivity contribution in [2.45, 2.75) is 69.8 Å². The number of rotatable bonds is 5. The van der Waals surface area contributed by atoms with Crippen LogP contribution in [0.2, 0.25) is 0 Å². The number of aromatic amines is 1. The van der Waals surface area contributed by atoms with Gasteiger partial charge in [0, 0.05) is 24.3 Å². The molecule has 0 spiro atoms. The van der Waals surface area contributed by atoms with Crippen molar-refractivity contribution in [2.75, 3.05) is 0 Å². The number of fused-ring (bicyclic) bond motifs is 1. The topological polar surface area (TPSA) is 74.0 Å². The molecule has 1 saturated carbocycles. The number of carbonyl (C=O) groups excluding carboxylic acids is 1. The highest BCUT2D eigenvalue weighted by Gasteiger charge is 2.30. The van der Waals surface area contributed by atoms with E-state index in [1.807, 2.05) is 0 Å². The van der Waals surface area contributed by atoms with E-state index in [2.05, 4.69) is 15.6 Å². The fourth-order valence-corrected chi connectivity index (χ4v) is 4.55. The van der Waals surface area contributed by atoms with E-state index in [1.165, 1.54) is 6.07 Å². The maximum absolute atomic E-state index is 13.0. The number of hydrogen-bond donors (Lipinski definition) is 3. The lowest BCUT2D eigenvalue weighted by atomic mass is 9.90. The van der Waals surface area contributed by atoms with Gasteiger partial charge in [-0.1, -0.05) is 31.0 Å². The highest BCUT2D eigenvalue weighted by molar-refractivity contribution is 5.94. The Morgan fingerprint density at radius 2 is 1.87 bits per heavy atom. The van der Waals surface area contributed by atoms with Crippen molar-refractivity contribution in [2.24, 2.45) is 0 Å². The smallest absolute Gasteiger partial charge is 0.349 e. The predicted octanol–water partition coefficient (Wildman–Crippen LogP) is 4.23. The van der Waals surface area contributed by atoms with Gasteiger partial charge in [0.2, 0.25) is 0 Å². The second-order valence-corrected chi connectivity index (χ2v) is 8.42. The van der Waals surface area contributed by atoms with Crippen LogP contribution in [-0.2, 0) is 19.1 Å². The Balaban J connectivity index is 1.51. The summed E-state index contributed by atoms with van der Waals surface area (Å²) in [7, 11) is 0. The molecule has 2 aliphatic carbocycles. The van der Waals surface area contributed by atoms with Crippen molar-refractivity contribution in [3.63, 3.8) is 0 Å². The first-order valence-corrected chi connectivity index (χ1v) is 10.8. The summed E-state index contributed by atoms with van der Waals surface area (Å²) in [6.45, 7) is 0.261. The van der Waals surface area contributed by atoms with Crippen molar-refractivity contribution >= 4 is 5.91 Å². The van der Waals surface area contributed by atoms with Crippen LogP contribution in [0.25, 0.3) is 0 Å². The average Bonchev–Trinajstić information content (AvgIpc) is 3.24. The molecule has 8 heteroatoms. The number of pyridine rings is 1. The summed E-state index contributed by atoms with van der Waals surface area (Å²) in [5, 5.41) is 6.26. The van der Waals surface area contributed by atoms with Crippen LogP contribution < -0.4 is 16.2 Å². The lowest BCUT2D eigenvalue weighted by Gasteiger charge is -2.27. The molecule has 0 bridgehead atoms. The lowest BCUT2D eigenvalue weighted by Crippen LogP contribution is -2.37. The third kappa shape index (κ3) is 5.01. The van der Waals surface area contributed by atoms with Crippen LogP contribution in [0, 0.1) is 0 Å². The third-order valence-electron chi connectivity index (χ3n) is 6.19. The molecule has 2 aromatic rings. The molecule has 166 valence electrons. The molecule has 5 nitrogen and oxygen atoms in total. The number of amides is 1. The number of H-pyrrole nitrogens is 1. The van der Waals surface area contributed by atoms with Gasteiger partial charge in [0.1, 0.15) is 5.56 Å². The summed E-state index contributed by atoms with van der Waals surface area (Å²) in [6.07, 6.45) is 1.95. The van der Waals surface area contributed by atoms with E-state index in [1.54, 1.807) is 12.1 Å². The highest BCUT2D eigenvalue weighted by Crippen LogP contribution is 2.31. The summed E-state index contributed by atoms with van der Waals surface area (Å²) >= 11 is 0. The minimum atomic E-state index is -4.38. The normalized spacial score (nSPS) is 19.3.